The fraction of sp³-hybridized carbons (Fsp3) is 0.300. The Bertz CT molecular complexity index is 1100. The Hall–Kier alpha value is -3.82. The number of carbonyl (C=O) groups is 5. The molecule has 10 nitrogen and oxygen atoms in total. The molecule has 1 aromatic heterocycles. The minimum absolute atomic E-state index is 0.0461. The lowest BCUT2D eigenvalue weighted by atomic mass is 10.0. The van der Waals surface area contributed by atoms with Crippen LogP contribution < -0.4 is 10.6 Å². The van der Waals surface area contributed by atoms with Gasteiger partial charge in [0.2, 0.25) is 11.8 Å². The standard InChI is InChI=1S/C20H19N5O5/c1-10-7-12(23-24(10)2)9-21-17(27)11-3-4-13-14(8-11)20(30)25(19(13)29)15-5-6-16(26)22-18(15)28/h3-4,7-8,15H,5-6,9H2,1-2H3,(H,21,27)(H,22,26,28). The van der Waals surface area contributed by atoms with Crippen molar-refractivity contribution in [3.05, 3.63) is 52.3 Å². The number of carbonyl (C=O) groups excluding carboxylic acids is 5. The third-order valence-corrected chi connectivity index (χ3v) is 5.30. The maximum atomic E-state index is 12.8. The molecule has 10 heteroatoms. The highest BCUT2D eigenvalue weighted by Gasteiger charge is 2.44. The van der Waals surface area contributed by atoms with Crippen molar-refractivity contribution in [2.45, 2.75) is 32.4 Å². The molecule has 2 aliphatic rings. The summed E-state index contributed by atoms with van der Waals surface area (Å²) < 4.78 is 1.70. The fourth-order valence-electron chi connectivity index (χ4n) is 3.61. The van der Waals surface area contributed by atoms with E-state index < -0.39 is 35.6 Å². The van der Waals surface area contributed by atoms with E-state index in [1.165, 1.54) is 18.2 Å². The van der Waals surface area contributed by atoms with Gasteiger partial charge in [-0.05, 0) is 37.6 Å². The molecule has 0 radical (unpaired) electrons. The van der Waals surface area contributed by atoms with E-state index in [0.29, 0.717) is 5.69 Å². The van der Waals surface area contributed by atoms with Crippen molar-refractivity contribution >= 4 is 29.5 Å². The van der Waals surface area contributed by atoms with E-state index in [0.717, 1.165) is 10.6 Å². The lowest BCUT2D eigenvalue weighted by molar-refractivity contribution is -0.136. The molecular formula is C20H19N5O5. The number of nitrogens with one attached hydrogen (secondary N) is 2. The van der Waals surface area contributed by atoms with E-state index in [1.807, 2.05) is 13.0 Å². The highest BCUT2D eigenvalue weighted by Crippen LogP contribution is 2.28. The van der Waals surface area contributed by atoms with E-state index >= 15 is 0 Å². The van der Waals surface area contributed by atoms with E-state index in [9.17, 15) is 24.0 Å². The average Bonchev–Trinajstić information content (AvgIpc) is 3.16. The molecular weight excluding hydrogens is 390 g/mol. The van der Waals surface area contributed by atoms with Gasteiger partial charge >= 0.3 is 0 Å². The number of amides is 5. The zero-order valence-corrected chi connectivity index (χ0v) is 16.4. The van der Waals surface area contributed by atoms with E-state index in [-0.39, 0.29) is 36.1 Å². The predicted octanol–water partition coefficient (Wildman–Crippen LogP) is 0.0597. The smallest absolute Gasteiger partial charge is 0.262 e. The summed E-state index contributed by atoms with van der Waals surface area (Å²) in [7, 11) is 1.80. The Morgan fingerprint density at radius 2 is 1.90 bits per heavy atom. The normalized spacial score (nSPS) is 18.5. The van der Waals surface area contributed by atoms with Gasteiger partial charge in [0.05, 0.1) is 23.4 Å². The third kappa shape index (κ3) is 3.25. The molecule has 1 aromatic carbocycles. The summed E-state index contributed by atoms with van der Waals surface area (Å²) in [6.07, 6.45) is 0.122. The molecule has 154 valence electrons. The number of rotatable bonds is 4. The van der Waals surface area contributed by atoms with Gasteiger partial charge in [-0.15, -0.1) is 0 Å². The predicted molar refractivity (Wildman–Crippen MR) is 102 cm³/mol. The van der Waals surface area contributed by atoms with Crippen molar-refractivity contribution < 1.29 is 24.0 Å². The summed E-state index contributed by atoms with van der Waals surface area (Å²) in [5.41, 5.74) is 2.05. The SMILES string of the molecule is Cc1cc(CNC(=O)c2ccc3c(c2)C(=O)N(C2CCC(=O)NC2=O)C3=O)nn1C. The van der Waals surface area contributed by atoms with Crippen LogP contribution in [0.4, 0.5) is 0 Å². The monoisotopic (exact) mass is 409 g/mol. The Morgan fingerprint density at radius 1 is 1.17 bits per heavy atom. The van der Waals surface area contributed by atoms with Crippen LogP contribution in [-0.2, 0) is 23.2 Å². The second-order valence-electron chi connectivity index (χ2n) is 7.29. The van der Waals surface area contributed by atoms with Crippen LogP contribution in [0.2, 0.25) is 0 Å². The van der Waals surface area contributed by atoms with Gasteiger partial charge in [-0.2, -0.15) is 5.10 Å². The summed E-state index contributed by atoms with van der Waals surface area (Å²) in [4.78, 5) is 62.3. The summed E-state index contributed by atoms with van der Waals surface area (Å²) in [5, 5.41) is 9.14. The van der Waals surface area contributed by atoms with Crippen LogP contribution in [0.1, 0.15) is 55.3 Å². The number of imide groups is 2. The van der Waals surface area contributed by atoms with Crippen LogP contribution in [0.25, 0.3) is 0 Å². The average molecular weight is 409 g/mol. The molecule has 0 saturated carbocycles. The minimum Gasteiger partial charge on any atom is -0.346 e. The van der Waals surface area contributed by atoms with Gasteiger partial charge in [0.15, 0.2) is 0 Å². The van der Waals surface area contributed by atoms with Crippen molar-refractivity contribution in [3.63, 3.8) is 0 Å². The maximum Gasteiger partial charge on any atom is 0.262 e. The van der Waals surface area contributed by atoms with Gasteiger partial charge in [-0.1, -0.05) is 0 Å². The number of aromatic nitrogens is 2. The third-order valence-electron chi connectivity index (χ3n) is 5.30. The highest BCUT2D eigenvalue weighted by molar-refractivity contribution is 6.24. The number of nitrogens with zero attached hydrogens (tertiary/aromatic N) is 3. The van der Waals surface area contributed by atoms with Gasteiger partial charge in [0.25, 0.3) is 17.7 Å². The zero-order valence-electron chi connectivity index (χ0n) is 16.4. The Kier molecular flexibility index (Phi) is 4.69. The number of aryl methyl sites for hydroxylation is 2. The molecule has 30 heavy (non-hydrogen) atoms. The molecule has 1 saturated heterocycles. The van der Waals surface area contributed by atoms with E-state index in [4.69, 9.17) is 0 Å². The summed E-state index contributed by atoms with van der Waals surface area (Å²) in [6, 6.07) is 5.02. The summed E-state index contributed by atoms with van der Waals surface area (Å²) in [6.45, 7) is 2.11. The lowest BCUT2D eigenvalue weighted by Gasteiger charge is -2.27. The first-order valence-corrected chi connectivity index (χ1v) is 9.39. The van der Waals surface area contributed by atoms with Gasteiger partial charge in [-0.25, -0.2) is 0 Å². The lowest BCUT2D eigenvalue weighted by Crippen LogP contribution is -2.54. The van der Waals surface area contributed by atoms with Gasteiger partial charge in [0.1, 0.15) is 6.04 Å². The Labute approximate surface area is 171 Å². The van der Waals surface area contributed by atoms with Gasteiger partial charge in [0, 0.05) is 24.7 Å². The number of fused-ring (bicyclic) bond motifs is 1. The second kappa shape index (κ2) is 7.21. The first-order chi connectivity index (χ1) is 14.3. The van der Waals surface area contributed by atoms with E-state index in [2.05, 4.69) is 15.7 Å². The summed E-state index contributed by atoms with van der Waals surface area (Å²) >= 11 is 0. The van der Waals surface area contributed by atoms with Crippen LogP contribution >= 0.6 is 0 Å². The molecule has 2 aromatic rings. The zero-order chi connectivity index (χ0) is 21.6. The number of piperidine rings is 1. The van der Waals surface area contributed by atoms with Crippen molar-refractivity contribution in [1.82, 2.24) is 25.3 Å². The first kappa shape index (κ1) is 19.5. The molecule has 0 aliphatic carbocycles. The van der Waals surface area contributed by atoms with Gasteiger partial charge < -0.3 is 5.32 Å². The van der Waals surface area contributed by atoms with Crippen LogP contribution in [0.15, 0.2) is 24.3 Å². The molecule has 2 N–H and O–H groups in total. The Balaban J connectivity index is 1.52. The van der Waals surface area contributed by atoms with Crippen molar-refractivity contribution in [3.8, 4) is 0 Å². The first-order valence-electron chi connectivity index (χ1n) is 9.39. The molecule has 5 amide bonds. The van der Waals surface area contributed by atoms with Gasteiger partial charge in [-0.3, -0.25) is 38.9 Å². The molecule has 2 aliphatic heterocycles. The molecule has 1 unspecified atom stereocenters. The Morgan fingerprint density at radius 3 is 2.57 bits per heavy atom. The van der Waals surface area contributed by atoms with Crippen LogP contribution in [0.5, 0.6) is 0 Å². The maximum absolute atomic E-state index is 12.8. The molecule has 3 heterocycles. The number of hydrogen-bond donors (Lipinski definition) is 2. The molecule has 1 fully saturated rings. The van der Waals surface area contributed by atoms with Crippen LogP contribution in [0.3, 0.4) is 0 Å². The molecule has 0 spiro atoms. The largest absolute Gasteiger partial charge is 0.346 e. The van der Waals surface area contributed by atoms with Crippen molar-refractivity contribution in [2.75, 3.05) is 0 Å². The number of hydrogen-bond acceptors (Lipinski definition) is 6. The number of benzene rings is 1. The molecule has 0 bridgehead atoms. The van der Waals surface area contributed by atoms with Crippen LogP contribution in [0, 0.1) is 6.92 Å². The summed E-state index contributed by atoms with van der Waals surface area (Å²) in [5.74, 6) is -2.79. The minimum atomic E-state index is -1.04. The van der Waals surface area contributed by atoms with Crippen molar-refractivity contribution in [1.29, 1.82) is 0 Å². The highest BCUT2D eigenvalue weighted by atomic mass is 16.2. The quantitative estimate of drug-likeness (QED) is 0.687. The van der Waals surface area contributed by atoms with Crippen LogP contribution in [-0.4, -0.2) is 50.3 Å². The second-order valence-corrected chi connectivity index (χ2v) is 7.29. The molecule has 4 rings (SSSR count). The topological polar surface area (TPSA) is 130 Å². The van der Waals surface area contributed by atoms with Crippen molar-refractivity contribution in [2.24, 2.45) is 7.05 Å². The van der Waals surface area contributed by atoms with E-state index in [1.54, 1.807) is 11.7 Å². The fourth-order valence-corrected chi connectivity index (χ4v) is 3.61. The molecule has 1 atom stereocenters.